The topological polar surface area (TPSA) is 12.0 Å². The highest BCUT2D eigenvalue weighted by atomic mass is 19.1. The molecular weight excluding hydrogens is 225 g/mol. The van der Waals surface area contributed by atoms with Crippen LogP contribution in [0.25, 0.3) is 0 Å². The summed E-state index contributed by atoms with van der Waals surface area (Å²) >= 11 is 0. The molecule has 0 saturated carbocycles. The molecule has 1 aromatic rings. The number of hydrogen-bond acceptors (Lipinski definition) is 1. The first-order valence-electron chi connectivity index (χ1n) is 6.84. The van der Waals surface area contributed by atoms with Crippen molar-refractivity contribution in [3.63, 3.8) is 0 Å². The molecule has 1 N–H and O–H groups in total. The third-order valence-corrected chi connectivity index (χ3v) is 3.48. The number of hydrogen-bond donors (Lipinski definition) is 1. The van der Waals surface area contributed by atoms with Crippen LogP contribution in [0.1, 0.15) is 52.5 Å². The van der Waals surface area contributed by atoms with Gasteiger partial charge in [0.15, 0.2) is 0 Å². The van der Waals surface area contributed by atoms with Gasteiger partial charge in [0, 0.05) is 12.1 Å². The van der Waals surface area contributed by atoms with E-state index in [-0.39, 0.29) is 11.4 Å². The van der Waals surface area contributed by atoms with E-state index in [0.29, 0.717) is 11.8 Å². The second-order valence-corrected chi connectivity index (χ2v) is 6.17. The van der Waals surface area contributed by atoms with Crippen molar-refractivity contribution in [1.82, 2.24) is 5.32 Å². The summed E-state index contributed by atoms with van der Waals surface area (Å²) in [6.07, 6.45) is 1.13. The van der Waals surface area contributed by atoms with Crippen LogP contribution in [0.4, 0.5) is 4.39 Å². The molecule has 2 unspecified atom stereocenters. The molecule has 0 saturated heterocycles. The first-order chi connectivity index (χ1) is 8.33. The first-order valence-corrected chi connectivity index (χ1v) is 6.84. The van der Waals surface area contributed by atoms with Gasteiger partial charge in [-0.05, 0) is 50.3 Å². The highest BCUT2D eigenvalue weighted by Gasteiger charge is 2.20. The van der Waals surface area contributed by atoms with Crippen LogP contribution >= 0.6 is 0 Å². The number of nitrogens with one attached hydrogen (secondary N) is 1. The van der Waals surface area contributed by atoms with Crippen LogP contribution in [0, 0.1) is 11.7 Å². The van der Waals surface area contributed by atoms with Gasteiger partial charge in [-0.15, -0.1) is 0 Å². The van der Waals surface area contributed by atoms with Gasteiger partial charge in [-0.25, -0.2) is 4.39 Å². The van der Waals surface area contributed by atoms with Crippen molar-refractivity contribution in [3.05, 3.63) is 35.6 Å². The van der Waals surface area contributed by atoms with Crippen molar-refractivity contribution < 1.29 is 4.39 Å². The molecule has 1 nitrogen and oxygen atoms in total. The van der Waals surface area contributed by atoms with Crippen molar-refractivity contribution in [1.29, 1.82) is 0 Å². The maximum Gasteiger partial charge on any atom is 0.123 e. The van der Waals surface area contributed by atoms with E-state index in [2.05, 4.69) is 39.9 Å². The molecule has 0 fully saturated rings. The van der Waals surface area contributed by atoms with E-state index >= 15 is 0 Å². The monoisotopic (exact) mass is 251 g/mol. The predicted molar refractivity (Wildman–Crippen MR) is 76.4 cm³/mol. The van der Waals surface area contributed by atoms with Crippen molar-refractivity contribution in [2.24, 2.45) is 5.92 Å². The fourth-order valence-electron chi connectivity index (χ4n) is 2.06. The van der Waals surface area contributed by atoms with Crippen molar-refractivity contribution >= 4 is 0 Å². The molecule has 1 rings (SSSR count). The number of benzene rings is 1. The Morgan fingerprint density at radius 3 is 2.17 bits per heavy atom. The van der Waals surface area contributed by atoms with E-state index in [1.165, 1.54) is 5.56 Å². The highest BCUT2D eigenvalue weighted by Crippen LogP contribution is 2.27. The van der Waals surface area contributed by atoms with Crippen LogP contribution in [0.3, 0.4) is 0 Å². The van der Waals surface area contributed by atoms with Gasteiger partial charge in [-0.2, -0.15) is 0 Å². The average Bonchev–Trinajstić information content (AvgIpc) is 2.29. The summed E-state index contributed by atoms with van der Waals surface area (Å²) in [4.78, 5) is 0. The van der Waals surface area contributed by atoms with Gasteiger partial charge in [0.25, 0.3) is 0 Å². The molecule has 0 amide bonds. The van der Waals surface area contributed by atoms with Crippen molar-refractivity contribution in [2.75, 3.05) is 6.54 Å². The molecule has 0 radical (unpaired) electrons. The fraction of sp³-hybridized carbons (Fsp3) is 0.625. The quantitative estimate of drug-likeness (QED) is 0.820. The molecule has 18 heavy (non-hydrogen) atoms. The minimum absolute atomic E-state index is 0.117. The maximum absolute atomic E-state index is 13.0. The Hall–Kier alpha value is -0.890. The van der Waals surface area contributed by atoms with Gasteiger partial charge in [-0.1, -0.05) is 32.4 Å². The van der Waals surface area contributed by atoms with Crippen molar-refractivity contribution in [2.45, 2.75) is 52.5 Å². The van der Waals surface area contributed by atoms with E-state index < -0.39 is 0 Å². The molecule has 0 heterocycles. The van der Waals surface area contributed by atoms with Crippen LogP contribution in [0.2, 0.25) is 0 Å². The highest BCUT2D eigenvalue weighted by molar-refractivity contribution is 5.21. The third-order valence-electron chi connectivity index (χ3n) is 3.48. The minimum atomic E-state index is -0.162. The summed E-state index contributed by atoms with van der Waals surface area (Å²) in [5.74, 6) is 0.866. The molecule has 102 valence electrons. The SMILES string of the molecule is CCC(C)C(CNC(C)(C)C)c1ccc(F)cc1. The van der Waals surface area contributed by atoms with Gasteiger partial charge in [0.1, 0.15) is 5.82 Å². The lowest BCUT2D eigenvalue weighted by atomic mass is 9.85. The standard InChI is InChI=1S/C16H26FN/c1-6-12(2)15(11-18-16(3,4)5)13-7-9-14(17)10-8-13/h7-10,12,15,18H,6,11H2,1-5H3. The molecule has 0 aliphatic heterocycles. The van der Waals surface area contributed by atoms with E-state index in [9.17, 15) is 4.39 Å². The first kappa shape index (κ1) is 15.2. The van der Waals surface area contributed by atoms with Gasteiger partial charge in [0.2, 0.25) is 0 Å². The van der Waals surface area contributed by atoms with E-state index in [1.807, 2.05) is 12.1 Å². The molecule has 0 aliphatic carbocycles. The van der Waals surface area contributed by atoms with Crippen LogP contribution in [-0.4, -0.2) is 12.1 Å². The Morgan fingerprint density at radius 2 is 1.72 bits per heavy atom. The van der Waals surface area contributed by atoms with Gasteiger partial charge in [-0.3, -0.25) is 0 Å². The van der Waals surface area contributed by atoms with E-state index in [4.69, 9.17) is 0 Å². The third kappa shape index (κ3) is 4.77. The molecule has 1 aromatic carbocycles. The van der Waals surface area contributed by atoms with Crippen LogP contribution in [0.5, 0.6) is 0 Å². The van der Waals surface area contributed by atoms with Crippen LogP contribution < -0.4 is 5.32 Å². The zero-order valence-electron chi connectivity index (χ0n) is 12.3. The number of halogens is 1. The van der Waals surface area contributed by atoms with E-state index in [0.717, 1.165) is 13.0 Å². The molecular formula is C16H26FN. The zero-order chi connectivity index (χ0) is 13.8. The molecule has 0 spiro atoms. The van der Waals surface area contributed by atoms with Crippen LogP contribution in [0.15, 0.2) is 24.3 Å². The lowest BCUT2D eigenvalue weighted by Crippen LogP contribution is -2.39. The normalized spacial score (nSPS) is 15.4. The largest absolute Gasteiger partial charge is 0.311 e. The minimum Gasteiger partial charge on any atom is -0.311 e. The maximum atomic E-state index is 13.0. The Bertz CT molecular complexity index is 350. The predicted octanol–water partition coefficient (Wildman–Crippen LogP) is 4.34. The molecule has 0 aliphatic rings. The second-order valence-electron chi connectivity index (χ2n) is 6.17. The second kappa shape index (κ2) is 6.33. The summed E-state index contributed by atoms with van der Waals surface area (Å²) in [6, 6.07) is 6.94. The summed E-state index contributed by atoms with van der Waals surface area (Å²) in [5.41, 5.74) is 1.34. The Kier molecular flexibility index (Phi) is 5.33. The Labute approximate surface area is 111 Å². The lowest BCUT2D eigenvalue weighted by Gasteiger charge is -2.29. The summed E-state index contributed by atoms with van der Waals surface area (Å²) < 4.78 is 13.0. The number of rotatable bonds is 5. The van der Waals surface area contributed by atoms with Gasteiger partial charge < -0.3 is 5.32 Å². The van der Waals surface area contributed by atoms with Crippen molar-refractivity contribution in [3.8, 4) is 0 Å². The Morgan fingerprint density at radius 1 is 1.17 bits per heavy atom. The zero-order valence-corrected chi connectivity index (χ0v) is 12.3. The summed E-state index contributed by atoms with van der Waals surface area (Å²) in [6.45, 7) is 11.9. The Balaban J connectivity index is 2.81. The van der Waals surface area contributed by atoms with Gasteiger partial charge in [0.05, 0.1) is 0 Å². The fourth-order valence-corrected chi connectivity index (χ4v) is 2.06. The molecule has 0 aromatic heterocycles. The van der Waals surface area contributed by atoms with E-state index in [1.54, 1.807) is 12.1 Å². The molecule has 2 atom stereocenters. The summed E-state index contributed by atoms with van der Waals surface area (Å²) in [7, 11) is 0. The summed E-state index contributed by atoms with van der Waals surface area (Å²) in [5, 5.41) is 3.56. The molecule has 2 heteroatoms. The lowest BCUT2D eigenvalue weighted by molar-refractivity contribution is 0.355. The van der Waals surface area contributed by atoms with Crippen LogP contribution in [-0.2, 0) is 0 Å². The molecule has 0 bridgehead atoms. The average molecular weight is 251 g/mol. The van der Waals surface area contributed by atoms with Gasteiger partial charge >= 0.3 is 0 Å². The smallest absolute Gasteiger partial charge is 0.123 e.